The number of halogens is 5. The zero-order valence-electron chi connectivity index (χ0n) is 33.0. The van der Waals surface area contributed by atoms with Crippen LogP contribution in [0.1, 0.15) is 98.4 Å². The number of alkyl halides is 4. The third kappa shape index (κ3) is 45.2. The van der Waals surface area contributed by atoms with E-state index in [1.165, 1.54) is 19.6 Å². The molecule has 55 heavy (non-hydrogen) atoms. The van der Waals surface area contributed by atoms with Crippen molar-refractivity contribution in [1.82, 2.24) is 14.7 Å². The van der Waals surface area contributed by atoms with Gasteiger partial charge in [0.2, 0.25) is 4.69 Å². The number of aliphatic hydroxyl groups is 3. The largest absolute Gasteiger partial charge is 0.463 e. The first-order valence-corrected chi connectivity index (χ1v) is 21.1. The summed E-state index contributed by atoms with van der Waals surface area (Å²) in [6, 6.07) is 0. The average molecular weight is 1120 g/mol. The fourth-order valence-corrected chi connectivity index (χ4v) is 3.43. The topological polar surface area (TPSA) is 166 Å². The van der Waals surface area contributed by atoms with E-state index < -0.39 is 17.3 Å². The Labute approximate surface area is 377 Å². The highest BCUT2D eigenvalue weighted by Crippen LogP contribution is 2.20. The van der Waals surface area contributed by atoms with Gasteiger partial charge in [-0.1, -0.05) is 107 Å². The number of nitrogens with zero attached hydrogens (tertiary/aromatic N) is 3. The quantitative estimate of drug-likeness (QED) is 0.0438. The maximum absolute atomic E-state index is 11.8. The molecule has 0 fully saturated rings. The Kier molecular flexibility index (Phi) is 48.8. The number of carbonyl (C=O) groups excluding carboxylic acids is 4. The predicted octanol–water partition coefficient (Wildman–Crippen LogP) is 7.04. The Morgan fingerprint density at radius 1 is 0.455 bits per heavy atom. The number of rotatable bonds is 22. The van der Waals surface area contributed by atoms with Crippen molar-refractivity contribution in [3.8, 4) is 0 Å². The van der Waals surface area contributed by atoms with Gasteiger partial charge in [-0.2, -0.15) is 0 Å². The molecule has 0 aliphatic rings. The standard InChI is InChI=1S/C18H30Br3NO6.C6H15NO3.C6H15N.C4H6Br2O.3CH4/c1-16(2,19)13(23)26-10-7-22(8-11-27-14(24)17(3,4)20)9-12-28-15(25)18(5,6)21;8-4-1-7(2-5-9)3-6-10;1-4-7(5-2)6-3;1-4(2,6)3(5)7;;;/h7-12H2,1-6H3;8-10H,1-6H2;4-6H2,1-3H3;1-2H3;3*1H4. The van der Waals surface area contributed by atoms with Crippen LogP contribution in [-0.4, -0.2) is 168 Å². The molecule has 0 rings (SSSR count). The number of aliphatic hydroxyl groups excluding tert-OH is 3. The average Bonchev–Trinajstić information content (AvgIpc) is 3.01. The second-order valence-corrected chi connectivity index (χ2v) is 21.7. The lowest BCUT2D eigenvalue weighted by Gasteiger charge is -2.24. The molecule has 0 spiro atoms. The highest BCUT2D eigenvalue weighted by atomic mass is 79.9. The molecule has 0 unspecified atom stereocenters. The number of esters is 3. The minimum absolute atomic E-state index is 0. The normalized spacial score (nSPS) is 11.2. The zero-order valence-corrected chi connectivity index (χ0v) is 41.0. The van der Waals surface area contributed by atoms with Crippen LogP contribution in [0, 0.1) is 0 Å². The molecule has 0 radical (unpaired) electrons. The van der Waals surface area contributed by atoms with Gasteiger partial charge in [-0.05, 0) is 91.0 Å². The second-order valence-electron chi connectivity index (χ2n) is 13.0. The summed E-state index contributed by atoms with van der Waals surface area (Å²) in [6.07, 6.45) is 0. The first-order chi connectivity index (χ1) is 23.7. The lowest BCUT2D eigenvalue weighted by Crippen LogP contribution is -2.38. The van der Waals surface area contributed by atoms with Gasteiger partial charge in [0.05, 0.1) is 24.1 Å². The maximum atomic E-state index is 11.8. The molecule has 18 heteroatoms. The van der Waals surface area contributed by atoms with E-state index in [2.05, 4.69) is 105 Å². The van der Waals surface area contributed by atoms with Gasteiger partial charge in [0.25, 0.3) is 0 Å². The van der Waals surface area contributed by atoms with Crippen LogP contribution in [0.3, 0.4) is 0 Å². The fourth-order valence-electron chi connectivity index (χ4n) is 3.08. The van der Waals surface area contributed by atoms with Gasteiger partial charge in [0, 0.05) is 39.3 Å². The lowest BCUT2D eigenvalue weighted by atomic mass is 10.2. The van der Waals surface area contributed by atoms with E-state index in [0.29, 0.717) is 39.3 Å². The highest BCUT2D eigenvalue weighted by molar-refractivity contribution is 9.20. The smallest absolute Gasteiger partial charge is 0.322 e. The first kappa shape index (κ1) is 69.8. The van der Waals surface area contributed by atoms with Crippen molar-refractivity contribution in [2.24, 2.45) is 0 Å². The summed E-state index contributed by atoms with van der Waals surface area (Å²) >= 11 is 15.7. The fraction of sp³-hybridized carbons (Fsp3) is 0.892. The summed E-state index contributed by atoms with van der Waals surface area (Å²) in [5.74, 6) is -1.10. The monoisotopic (exact) mass is 1120 g/mol. The third-order valence-electron chi connectivity index (χ3n) is 6.44. The molecule has 0 aromatic rings. The summed E-state index contributed by atoms with van der Waals surface area (Å²) < 4.78 is 13.0. The van der Waals surface area contributed by atoms with Crippen LogP contribution >= 0.6 is 79.6 Å². The number of hydrogen-bond acceptors (Lipinski definition) is 13. The Morgan fingerprint density at radius 2 is 0.655 bits per heavy atom. The SMILES string of the molecule is C.C.C.CC(C)(Br)C(=O)Br.CC(C)(Br)C(=O)OCCN(CCOC(=O)C(C)(C)Br)CCOC(=O)C(C)(C)Br.CCN(CC)CC.OCCN(CCO)CCO. The van der Waals surface area contributed by atoms with Crippen molar-refractivity contribution < 1.29 is 48.7 Å². The molecule has 0 amide bonds. The number of hydrogen-bond donors (Lipinski definition) is 3. The molecule has 3 N–H and O–H groups in total. The second kappa shape index (κ2) is 38.4. The molecule has 0 aliphatic carbocycles. The Balaban J connectivity index is -0.000000139. The molecular weight excluding hydrogens is 1050 g/mol. The maximum Gasteiger partial charge on any atom is 0.322 e. The van der Waals surface area contributed by atoms with Crippen LogP contribution < -0.4 is 0 Å². The zero-order chi connectivity index (χ0) is 41.8. The van der Waals surface area contributed by atoms with Gasteiger partial charge in [0.1, 0.15) is 32.8 Å². The van der Waals surface area contributed by atoms with Crippen molar-refractivity contribution in [1.29, 1.82) is 0 Å². The van der Waals surface area contributed by atoms with Gasteiger partial charge in [-0.3, -0.25) is 29.0 Å². The molecule has 0 aliphatic heterocycles. The third-order valence-corrected chi connectivity index (χ3v) is 9.29. The summed E-state index contributed by atoms with van der Waals surface area (Å²) in [4.78, 5) is 51.9. The molecule has 13 nitrogen and oxygen atoms in total. The van der Waals surface area contributed by atoms with E-state index in [4.69, 9.17) is 29.5 Å². The van der Waals surface area contributed by atoms with Gasteiger partial charge >= 0.3 is 17.9 Å². The summed E-state index contributed by atoms with van der Waals surface area (Å²) in [5, 5.41) is 25.5. The molecular formula is C37H78Br5N3O10. The van der Waals surface area contributed by atoms with Crippen molar-refractivity contribution in [3.63, 3.8) is 0 Å². The number of ether oxygens (including phenoxy) is 3. The van der Waals surface area contributed by atoms with Crippen LogP contribution in [0.4, 0.5) is 0 Å². The molecule has 0 atom stereocenters. The summed E-state index contributed by atoms with van der Waals surface area (Å²) in [7, 11) is 0. The van der Waals surface area contributed by atoms with Gasteiger partial charge in [-0.25, -0.2) is 0 Å². The minimum atomic E-state index is -0.758. The van der Waals surface area contributed by atoms with Gasteiger partial charge in [0.15, 0.2) is 0 Å². The molecule has 0 saturated carbocycles. The van der Waals surface area contributed by atoms with E-state index in [1.54, 1.807) is 60.3 Å². The van der Waals surface area contributed by atoms with E-state index >= 15 is 0 Å². The minimum Gasteiger partial charge on any atom is -0.463 e. The predicted molar refractivity (Wildman–Crippen MR) is 247 cm³/mol. The van der Waals surface area contributed by atoms with Gasteiger partial charge < -0.3 is 34.4 Å². The highest BCUT2D eigenvalue weighted by Gasteiger charge is 2.28. The van der Waals surface area contributed by atoms with Crippen molar-refractivity contribution in [2.75, 3.05) is 98.5 Å². The first-order valence-electron chi connectivity index (χ1n) is 17.2. The van der Waals surface area contributed by atoms with E-state index in [9.17, 15) is 19.2 Å². The van der Waals surface area contributed by atoms with E-state index in [-0.39, 0.29) is 84.5 Å². The van der Waals surface area contributed by atoms with Gasteiger partial charge in [-0.15, -0.1) is 0 Å². The molecule has 0 heterocycles. The Bertz CT molecular complexity index is 856. The molecule has 0 aromatic carbocycles. The van der Waals surface area contributed by atoms with Crippen molar-refractivity contribution in [3.05, 3.63) is 0 Å². The van der Waals surface area contributed by atoms with E-state index in [1.807, 2.05) is 4.90 Å². The lowest BCUT2D eigenvalue weighted by molar-refractivity contribution is -0.146. The summed E-state index contributed by atoms with van der Waals surface area (Å²) in [5.41, 5.74) is 0. The van der Waals surface area contributed by atoms with Crippen molar-refractivity contribution >= 4 is 102 Å². The van der Waals surface area contributed by atoms with Crippen LogP contribution in [0.15, 0.2) is 0 Å². The van der Waals surface area contributed by atoms with Crippen LogP contribution in [0.2, 0.25) is 0 Å². The molecule has 0 saturated heterocycles. The summed E-state index contributed by atoms with van der Waals surface area (Å²) in [6.45, 7) is 27.4. The van der Waals surface area contributed by atoms with Crippen LogP contribution in [0.5, 0.6) is 0 Å². The number of carbonyl (C=O) groups is 4. The Morgan fingerprint density at radius 3 is 0.782 bits per heavy atom. The van der Waals surface area contributed by atoms with Crippen molar-refractivity contribution in [2.45, 2.75) is 116 Å². The van der Waals surface area contributed by atoms with Crippen LogP contribution in [-0.2, 0) is 33.4 Å². The molecule has 0 bridgehead atoms. The van der Waals surface area contributed by atoms with E-state index in [0.717, 1.165) is 0 Å². The molecule has 336 valence electrons. The molecule has 0 aromatic heterocycles. The van der Waals surface area contributed by atoms with Crippen LogP contribution in [0.25, 0.3) is 0 Å². The Hall–Kier alpha value is 0.240.